The molecule has 1 heterocycles. The van der Waals surface area contributed by atoms with Gasteiger partial charge in [0.15, 0.2) is 0 Å². The van der Waals surface area contributed by atoms with Crippen LogP contribution in [-0.4, -0.2) is 29.5 Å². The molecule has 0 N–H and O–H groups in total. The van der Waals surface area contributed by atoms with Gasteiger partial charge in [0.1, 0.15) is 12.4 Å². The third kappa shape index (κ3) is 4.28. The van der Waals surface area contributed by atoms with E-state index < -0.39 is 5.97 Å². The van der Waals surface area contributed by atoms with E-state index in [4.69, 9.17) is 4.74 Å². The van der Waals surface area contributed by atoms with E-state index in [0.717, 1.165) is 5.75 Å². The summed E-state index contributed by atoms with van der Waals surface area (Å²) in [5.74, 6) is 0.442. The second kappa shape index (κ2) is 7.13. The Morgan fingerprint density at radius 2 is 2.10 bits per heavy atom. The Balaban J connectivity index is 1.81. The number of para-hydroxylation sites is 1. The van der Waals surface area contributed by atoms with Crippen molar-refractivity contribution < 1.29 is 14.3 Å². The quantitative estimate of drug-likeness (QED) is 0.597. The van der Waals surface area contributed by atoms with Crippen LogP contribution in [0.15, 0.2) is 48.7 Å². The normalized spacial score (nSPS) is 10.7. The summed E-state index contributed by atoms with van der Waals surface area (Å²) < 4.78 is 11.9. The molecule has 2 aromatic rings. The van der Waals surface area contributed by atoms with Crippen molar-refractivity contribution in [3.63, 3.8) is 0 Å². The monoisotopic (exact) mass is 272 g/mol. The van der Waals surface area contributed by atoms with Crippen LogP contribution in [0.3, 0.4) is 0 Å². The Kier molecular flexibility index (Phi) is 4.94. The first-order valence-corrected chi connectivity index (χ1v) is 6.25. The van der Waals surface area contributed by atoms with E-state index in [1.807, 2.05) is 42.6 Å². The Bertz CT molecular complexity index is 576. The largest absolute Gasteiger partial charge is 0.492 e. The van der Waals surface area contributed by atoms with Gasteiger partial charge in [0.2, 0.25) is 0 Å². The van der Waals surface area contributed by atoms with E-state index in [1.54, 1.807) is 10.8 Å². The van der Waals surface area contributed by atoms with Crippen LogP contribution in [0.5, 0.6) is 5.75 Å². The summed E-state index contributed by atoms with van der Waals surface area (Å²) in [6.45, 7) is 1.17. The zero-order valence-corrected chi connectivity index (χ0v) is 11.2. The zero-order chi connectivity index (χ0) is 14.2. The van der Waals surface area contributed by atoms with Crippen LogP contribution < -0.4 is 4.74 Å². The average molecular weight is 272 g/mol. The lowest BCUT2D eigenvalue weighted by molar-refractivity contribution is -0.134. The third-order valence-electron chi connectivity index (χ3n) is 2.58. The van der Waals surface area contributed by atoms with Crippen LogP contribution in [-0.2, 0) is 16.1 Å². The highest BCUT2D eigenvalue weighted by atomic mass is 16.5. The molecular weight excluding hydrogens is 256 g/mol. The molecular formula is C15H16N2O3. The molecule has 0 atom stereocenters. The summed E-state index contributed by atoms with van der Waals surface area (Å²) in [7, 11) is 1.34. The van der Waals surface area contributed by atoms with Crippen molar-refractivity contribution in [1.82, 2.24) is 9.78 Å². The van der Waals surface area contributed by atoms with Gasteiger partial charge >= 0.3 is 5.97 Å². The summed E-state index contributed by atoms with van der Waals surface area (Å²) in [5.41, 5.74) is 0.704. The van der Waals surface area contributed by atoms with Gasteiger partial charge in [-0.05, 0) is 24.3 Å². The number of rotatable bonds is 6. The van der Waals surface area contributed by atoms with Crippen LogP contribution in [0.25, 0.3) is 6.08 Å². The van der Waals surface area contributed by atoms with Gasteiger partial charge in [0, 0.05) is 12.3 Å². The standard InChI is InChI=1S/C15H16N2O3/c1-19-15(18)8-7-13-9-10-17(16-13)11-12-20-14-5-3-2-4-6-14/h2-10H,11-12H2,1H3/b8-7+. The van der Waals surface area contributed by atoms with E-state index in [9.17, 15) is 4.79 Å². The average Bonchev–Trinajstić information content (AvgIpc) is 2.94. The molecule has 104 valence electrons. The number of hydrogen-bond donors (Lipinski definition) is 0. The number of benzene rings is 1. The predicted molar refractivity (Wildman–Crippen MR) is 75.2 cm³/mol. The topological polar surface area (TPSA) is 53.4 Å². The van der Waals surface area contributed by atoms with Gasteiger partial charge < -0.3 is 9.47 Å². The summed E-state index contributed by atoms with van der Waals surface area (Å²) in [4.78, 5) is 11.0. The summed E-state index contributed by atoms with van der Waals surface area (Å²) in [6.07, 6.45) is 4.79. The Hall–Kier alpha value is -2.56. The molecule has 5 nitrogen and oxygen atoms in total. The molecule has 5 heteroatoms. The number of carbonyl (C=O) groups excluding carboxylic acids is 1. The molecule has 0 fully saturated rings. The lowest BCUT2D eigenvalue weighted by atomic mass is 10.3. The SMILES string of the molecule is COC(=O)/C=C/c1ccn(CCOc2ccccc2)n1. The Morgan fingerprint density at radius 3 is 2.85 bits per heavy atom. The second-order valence-electron chi connectivity index (χ2n) is 4.02. The molecule has 2 rings (SSSR count). The number of esters is 1. The van der Waals surface area contributed by atoms with Crippen LogP contribution in [0.2, 0.25) is 0 Å². The molecule has 0 radical (unpaired) electrons. The van der Waals surface area contributed by atoms with Gasteiger partial charge in [0.05, 0.1) is 19.3 Å². The van der Waals surface area contributed by atoms with Gasteiger partial charge in [-0.25, -0.2) is 4.79 Å². The molecule has 0 aliphatic heterocycles. The van der Waals surface area contributed by atoms with Crippen molar-refractivity contribution in [2.75, 3.05) is 13.7 Å². The summed E-state index contributed by atoms with van der Waals surface area (Å²) >= 11 is 0. The molecule has 0 aliphatic carbocycles. The van der Waals surface area contributed by atoms with Gasteiger partial charge in [-0.15, -0.1) is 0 Å². The number of methoxy groups -OCH3 is 1. The Morgan fingerprint density at radius 1 is 1.30 bits per heavy atom. The fourth-order valence-corrected chi connectivity index (χ4v) is 1.59. The molecule has 0 bridgehead atoms. The minimum Gasteiger partial charge on any atom is -0.492 e. The maximum atomic E-state index is 11.0. The highest BCUT2D eigenvalue weighted by Crippen LogP contribution is 2.08. The fraction of sp³-hybridized carbons (Fsp3) is 0.200. The molecule has 0 aliphatic rings. The van der Waals surface area contributed by atoms with E-state index >= 15 is 0 Å². The van der Waals surface area contributed by atoms with Crippen molar-refractivity contribution in [1.29, 1.82) is 0 Å². The van der Waals surface area contributed by atoms with Crippen LogP contribution >= 0.6 is 0 Å². The maximum Gasteiger partial charge on any atom is 0.330 e. The van der Waals surface area contributed by atoms with E-state index in [-0.39, 0.29) is 0 Å². The zero-order valence-electron chi connectivity index (χ0n) is 11.2. The molecule has 1 aromatic carbocycles. The van der Waals surface area contributed by atoms with Gasteiger partial charge in [-0.3, -0.25) is 4.68 Å². The third-order valence-corrected chi connectivity index (χ3v) is 2.58. The highest BCUT2D eigenvalue weighted by molar-refractivity contribution is 5.86. The summed E-state index contributed by atoms with van der Waals surface area (Å²) in [6, 6.07) is 11.4. The first-order chi connectivity index (χ1) is 9.78. The van der Waals surface area contributed by atoms with E-state index in [0.29, 0.717) is 18.8 Å². The van der Waals surface area contributed by atoms with Crippen LogP contribution in [0.4, 0.5) is 0 Å². The lowest BCUT2D eigenvalue weighted by Gasteiger charge is -2.05. The van der Waals surface area contributed by atoms with Crippen LogP contribution in [0.1, 0.15) is 5.69 Å². The first kappa shape index (κ1) is 13.9. The number of aromatic nitrogens is 2. The molecule has 20 heavy (non-hydrogen) atoms. The lowest BCUT2D eigenvalue weighted by Crippen LogP contribution is -2.08. The van der Waals surface area contributed by atoms with E-state index in [2.05, 4.69) is 9.84 Å². The van der Waals surface area contributed by atoms with Crippen molar-refractivity contribution >= 4 is 12.0 Å². The number of ether oxygens (including phenoxy) is 2. The molecule has 0 amide bonds. The Labute approximate surface area is 117 Å². The minimum absolute atomic E-state index is 0.396. The summed E-state index contributed by atoms with van der Waals surface area (Å²) in [5, 5.41) is 4.29. The maximum absolute atomic E-state index is 11.0. The minimum atomic E-state index is -0.396. The number of hydrogen-bond acceptors (Lipinski definition) is 4. The van der Waals surface area contributed by atoms with E-state index in [1.165, 1.54) is 13.2 Å². The van der Waals surface area contributed by atoms with Crippen molar-refractivity contribution in [2.24, 2.45) is 0 Å². The molecule has 1 aromatic heterocycles. The van der Waals surface area contributed by atoms with Crippen LogP contribution in [0, 0.1) is 0 Å². The highest BCUT2D eigenvalue weighted by Gasteiger charge is 1.98. The number of nitrogens with zero attached hydrogens (tertiary/aromatic N) is 2. The molecule has 0 saturated heterocycles. The first-order valence-electron chi connectivity index (χ1n) is 6.25. The van der Waals surface area contributed by atoms with Gasteiger partial charge in [-0.1, -0.05) is 18.2 Å². The fourth-order valence-electron chi connectivity index (χ4n) is 1.59. The smallest absolute Gasteiger partial charge is 0.330 e. The van der Waals surface area contributed by atoms with Crippen molar-refractivity contribution in [3.8, 4) is 5.75 Å². The van der Waals surface area contributed by atoms with Crippen molar-refractivity contribution in [3.05, 3.63) is 54.4 Å². The molecule has 0 saturated carbocycles. The number of carbonyl (C=O) groups is 1. The predicted octanol–water partition coefficient (Wildman–Crippen LogP) is 2.15. The van der Waals surface area contributed by atoms with Gasteiger partial charge in [-0.2, -0.15) is 5.10 Å². The van der Waals surface area contributed by atoms with Crippen molar-refractivity contribution in [2.45, 2.75) is 6.54 Å². The molecule has 0 unspecified atom stereocenters. The molecule has 0 spiro atoms. The van der Waals surface area contributed by atoms with Gasteiger partial charge in [0.25, 0.3) is 0 Å². The second-order valence-corrected chi connectivity index (χ2v) is 4.02.